The summed E-state index contributed by atoms with van der Waals surface area (Å²) in [5.41, 5.74) is 0. The monoisotopic (exact) mass is 910 g/mol. The Labute approximate surface area is 391 Å². The molecule has 1 amide bonds. The van der Waals surface area contributed by atoms with Crippen LogP contribution in [0.2, 0.25) is 0 Å². The molecule has 372 valence electrons. The minimum Gasteiger partial charge on any atom is -0.387 e. The molecule has 0 aromatic rings. The number of unbranched alkanes of at least 4 members (excludes halogenated alkanes) is 32. The molecule has 0 aromatic heterocycles. The number of carbonyl (C=O) groups is 1. The van der Waals surface area contributed by atoms with Crippen molar-refractivity contribution in [2.45, 2.75) is 264 Å². The molecule has 0 saturated heterocycles. The fourth-order valence-corrected chi connectivity index (χ4v) is 8.55. The van der Waals surface area contributed by atoms with Gasteiger partial charge in [0.2, 0.25) is 5.91 Å². The Hall–Kier alpha value is -1.28. The lowest BCUT2D eigenvalue weighted by Gasteiger charge is -2.25. The number of phosphoric acid groups is 1. The third kappa shape index (κ3) is 48.5. The van der Waals surface area contributed by atoms with Crippen molar-refractivity contribution in [3.8, 4) is 0 Å². The highest BCUT2D eigenvalue weighted by atomic mass is 31.2. The number of hydrogen-bond acceptors (Lipinski definition) is 5. The molecule has 0 aliphatic carbocycles. The van der Waals surface area contributed by atoms with Crippen molar-refractivity contribution in [3.63, 3.8) is 0 Å². The van der Waals surface area contributed by atoms with E-state index in [9.17, 15) is 19.4 Å². The molecule has 0 spiro atoms. The van der Waals surface area contributed by atoms with Crippen LogP contribution in [0.15, 0.2) is 36.5 Å². The fourth-order valence-electron chi connectivity index (χ4n) is 7.82. The predicted octanol–water partition coefficient (Wildman–Crippen LogP) is 15.8. The summed E-state index contributed by atoms with van der Waals surface area (Å²) in [6.07, 6.45) is 58.4. The summed E-state index contributed by atoms with van der Waals surface area (Å²) >= 11 is 0. The molecule has 0 rings (SSSR count). The largest absolute Gasteiger partial charge is 0.472 e. The molecule has 3 N–H and O–H groups in total. The van der Waals surface area contributed by atoms with Crippen LogP contribution in [-0.2, 0) is 18.4 Å². The zero-order valence-electron chi connectivity index (χ0n) is 42.3. The van der Waals surface area contributed by atoms with Gasteiger partial charge >= 0.3 is 7.82 Å². The molecule has 8 nitrogen and oxygen atoms in total. The first-order valence-corrected chi connectivity index (χ1v) is 28.4. The number of quaternary nitrogens is 1. The Morgan fingerprint density at radius 1 is 0.524 bits per heavy atom. The van der Waals surface area contributed by atoms with Crippen LogP contribution in [0.25, 0.3) is 0 Å². The molecule has 3 unspecified atom stereocenters. The Bertz CT molecular complexity index is 1120. The average molecular weight is 910 g/mol. The van der Waals surface area contributed by atoms with Crippen LogP contribution < -0.4 is 5.32 Å². The van der Waals surface area contributed by atoms with Crippen LogP contribution in [0.4, 0.5) is 0 Å². The van der Waals surface area contributed by atoms with E-state index >= 15 is 0 Å². The van der Waals surface area contributed by atoms with Gasteiger partial charge in [-0.15, -0.1) is 0 Å². The number of allylic oxidation sites excluding steroid dienone is 5. The molecule has 0 aliphatic rings. The Morgan fingerprint density at radius 2 is 0.873 bits per heavy atom. The van der Waals surface area contributed by atoms with Gasteiger partial charge < -0.3 is 19.8 Å². The van der Waals surface area contributed by atoms with Crippen LogP contribution in [0.1, 0.15) is 251 Å². The first-order chi connectivity index (χ1) is 30.5. The van der Waals surface area contributed by atoms with Gasteiger partial charge in [-0.05, 0) is 57.8 Å². The Balaban J connectivity index is 3.98. The maximum Gasteiger partial charge on any atom is 0.472 e. The number of aliphatic hydroxyl groups excluding tert-OH is 1. The highest BCUT2D eigenvalue weighted by Crippen LogP contribution is 2.43. The van der Waals surface area contributed by atoms with Crippen LogP contribution >= 0.6 is 7.82 Å². The summed E-state index contributed by atoms with van der Waals surface area (Å²) in [5, 5.41) is 13.8. The maximum atomic E-state index is 12.9. The number of rotatable bonds is 49. The third-order valence-corrected chi connectivity index (χ3v) is 13.1. The topological polar surface area (TPSA) is 105 Å². The van der Waals surface area contributed by atoms with E-state index in [1.165, 1.54) is 193 Å². The van der Waals surface area contributed by atoms with Crippen LogP contribution in [-0.4, -0.2) is 73.4 Å². The number of nitrogens with zero attached hydrogens (tertiary/aromatic N) is 1. The molecule has 9 heteroatoms. The second kappa shape index (κ2) is 45.9. The number of hydrogen-bond donors (Lipinski definition) is 3. The molecular formula is C54H106N2O6P+. The zero-order chi connectivity index (χ0) is 46.4. The van der Waals surface area contributed by atoms with Crippen molar-refractivity contribution in [1.82, 2.24) is 5.32 Å². The van der Waals surface area contributed by atoms with Crippen molar-refractivity contribution < 1.29 is 32.9 Å². The van der Waals surface area contributed by atoms with E-state index in [-0.39, 0.29) is 19.1 Å². The fraction of sp³-hybridized carbons (Fsp3) is 0.870. The molecule has 0 aliphatic heterocycles. The lowest BCUT2D eigenvalue weighted by molar-refractivity contribution is -0.870. The van der Waals surface area contributed by atoms with E-state index in [4.69, 9.17) is 9.05 Å². The summed E-state index contributed by atoms with van der Waals surface area (Å²) in [6, 6.07) is -0.859. The van der Waals surface area contributed by atoms with Gasteiger partial charge in [0.25, 0.3) is 0 Å². The minimum atomic E-state index is -4.34. The van der Waals surface area contributed by atoms with Crippen molar-refractivity contribution in [2.24, 2.45) is 0 Å². The summed E-state index contributed by atoms with van der Waals surface area (Å²) in [5.74, 6) is -0.186. The van der Waals surface area contributed by atoms with E-state index in [0.29, 0.717) is 17.4 Å². The van der Waals surface area contributed by atoms with Crippen molar-refractivity contribution in [3.05, 3.63) is 36.5 Å². The summed E-state index contributed by atoms with van der Waals surface area (Å²) in [6.45, 7) is 4.77. The number of amides is 1. The van der Waals surface area contributed by atoms with Gasteiger partial charge in [-0.3, -0.25) is 13.8 Å². The van der Waals surface area contributed by atoms with Crippen LogP contribution in [0.5, 0.6) is 0 Å². The standard InChI is InChI=1S/C54H105N2O6P/c1-6-8-10-12-14-16-18-19-20-21-22-23-24-25-26-27-28-29-30-31-32-33-34-35-36-37-38-40-42-44-46-48-54(58)55-52(51-62-63(59,60)61-50-49-56(3,4)5)53(57)47-45-43-41-39-17-15-13-11-9-7-2/h17,21-22,39,45,47,52-53,57H,6-16,18-20,23-38,40-44,46,48-51H2,1-5H3,(H-,55,58,59,60)/p+1/b22-21-,39-17+,47-45+. The van der Waals surface area contributed by atoms with Crippen LogP contribution in [0, 0.1) is 0 Å². The van der Waals surface area contributed by atoms with Gasteiger partial charge in [0.05, 0.1) is 39.9 Å². The highest BCUT2D eigenvalue weighted by Gasteiger charge is 2.27. The summed E-state index contributed by atoms with van der Waals surface area (Å²) in [7, 11) is 1.56. The molecule has 63 heavy (non-hydrogen) atoms. The quantitative estimate of drug-likeness (QED) is 0.0243. The van der Waals surface area contributed by atoms with Gasteiger partial charge in [-0.2, -0.15) is 0 Å². The molecular weight excluding hydrogens is 804 g/mol. The van der Waals surface area contributed by atoms with Crippen molar-refractivity contribution >= 4 is 13.7 Å². The maximum absolute atomic E-state index is 12.9. The minimum absolute atomic E-state index is 0.0570. The Kier molecular flexibility index (Phi) is 44.9. The molecule has 0 aromatic carbocycles. The number of phosphoric ester groups is 1. The van der Waals surface area contributed by atoms with E-state index < -0.39 is 20.0 Å². The normalized spacial score (nSPS) is 14.3. The van der Waals surface area contributed by atoms with Gasteiger partial charge in [0.1, 0.15) is 13.2 Å². The molecule has 0 fully saturated rings. The number of likely N-dealkylation sites (N-methyl/N-ethyl adjacent to an activating group) is 1. The Morgan fingerprint density at radius 3 is 1.29 bits per heavy atom. The summed E-state index contributed by atoms with van der Waals surface area (Å²) in [4.78, 5) is 23.1. The molecule has 3 atom stereocenters. The predicted molar refractivity (Wildman–Crippen MR) is 272 cm³/mol. The molecule has 0 radical (unpaired) electrons. The van der Waals surface area contributed by atoms with Gasteiger partial charge in [0.15, 0.2) is 0 Å². The van der Waals surface area contributed by atoms with Crippen molar-refractivity contribution in [2.75, 3.05) is 40.9 Å². The van der Waals surface area contributed by atoms with Gasteiger partial charge in [0, 0.05) is 6.42 Å². The SMILES string of the molecule is CCCCCC/C=C/CC/C=C/C(O)C(COP(=O)(O)OCC[N+](C)(C)C)NC(=O)CCCCCCCCCCCCCCCCCCCCC/C=C\CCCCCCCCCC. The van der Waals surface area contributed by atoms with E-state index in [1.807, 2.05) is 27.2 Å². The molecule has 0 bridgehead atoms. The lowest BCUT2D eigenvalue weighted by Crippen LogP contribution is -2.45. The average Bonchev–Trinajstić information content (AvgIpc) is 3.24. The first-order valence-electron chi connectivity index (χ1n) is 26.9. The highest BCUT2D eigenvalue weighted by molar-refractivity contribution is 7.47. The smallest absolute Gasteiger partial charge is 0.387 e. The van der Waals surface area contributed by atoms with Crippen LogP contribution in [0.3, 0.4) is 0 Å². The second-order valence-corrected chi connectivity index (χ2v) is 21.0. The number of carbonyl (C=O) groups excluding carboxylic acids is 1. The molecule has 0 saturated carbocycles. The van der Waals surface area contributed by atoms with Crippen molar-refractivity contribution in [1.29, 1.82) is 0 Å². The first kappa shape index (κ1) is 61.7. The number of aliphatic hydroxyl groups is 1. The summed E-state index contributed by atoms with van der Waals surface area (Å²) < 4.78 is 23.5. The molecule has 0 heterocycles. The second-order valence-electron chi connectivity index (χ2n) is 19.6. The third-order valence-electron chi connectivity index (χ3n) is 12.1. The van der Waals surface area contributed by atoms with E-state index in [2.05, 4.69) is 43.5 Å². The van der Waals surface area contributed by atoms with E-state index in [0.717, 1.165) is 38.5 Å². The van der Waals surface area contributed by atoms with E-state index in [1.54, 1.807) is 6.08 Å². The van der Waals surface area contributed by atoms with Gasteiger partial charge in [-0.1, -0.05) is 224 Å². The van der Waals surface area contributed by atoms with Gasteiger partial charge in [-0.25, -0.2) is 4.57 Å². The number of nitrogens with one attached hydrogen (secondary N) is 1. The zero-order valence-corrected chi connectivity index (χ0v) is 43.2. The lowest BCUT2D eigenvalue weighted by atomic mass is 10.0.